The first-order valence-corrected chi connectivity index (χ1v) is 8.24. The highest BCUT2D eigenvalue weighted by Gasteiger charge is 2.42. The molecule has 7 heteroatoms. The molecule has 2 aromatic rings. The zero-order valence-electron chi connectivity index (χ0n) is 13.4. The summed E-state index contributed by atoms with van der Waals surface area (Å²) in [5, 5.41) is 0. The van der Waals surface area contributed by atoms with Crippen molar-refractivity contribution in [2.24, 2.45) is 0 Å². The van der Waals surface area contributed by atoms with Crippen LogP contribution in [0, 0.1) is 0 Å². The fourth-order valence-electron chi connectivity index (χ4n) is 3.57. The van der Waals surface area contributed by atoms with Crippen LogP contribution in [0.5, 0.6) is 0 Å². The average molecular weight is 328 g/mol. The lowest BCUT2D eigenvalue weighted by Gasteiger charge is -2.48. The van der Waals surface area contributed by atoms with Crippen LogP contribution in [0.1, 0.15) is 23.4 Å². The summed E-state index contributed by atoms with van der Waals surface area (Å²) in [7, 11) is 0. The van der Waals surface area contributed by atoms with Crippen LogP contribution < -0.4 is 4.90 Å². The van der Waals surface area contributed by atoms with Crippen molar-refractivity contribution >= 4 is 11.7 Å². The summed E-state index contributed by atoms with van der Waals surface area (Å²) in [5.74, 6) is 1.17. The topological polar surface area (TPSA) is 71.7 Å². The van der Waals surface area contributed by atoms with Crippen molar-refractivity contribution in [3.63, 3.8) is 0 Å². The van der Waals surface area contributed by atoms with E-state index in [0.717, 1.165) is 25.2 Å². The molecule has 2 aliphatic heterocycles. The molecular weight excluding hydrogens is 308 g/mol. The van der Waals surface area contributed by atoms with E-state index in [1.807, 2.05) is 4.90 Å². The first kappa shape index (κ1) is 15.1. The molecule has 0 radical (unpaired) electrons. The zero-order chi connectivity index (χ0) is 16.4. The molecule has 0 bridgehead atoms. The summed E-state index contributed by atoms with van der Waals surface area (Å²) in [6.07, 6.45) is 8.60. The minimum absolute atomic E-state index is 0.0701. The highest BCUT2D eigenvalue weighted by molar-refractivity contribution is 5.91. The SMILES string of the molecule is O=C(c1ccco1)N1CCO[C@@]2(CCCN(c3cnccn3)C2)C1. The molecule has 1 atom stereocenters. The second kappa shape index (κ2) is 6.24. The molecule has 0 saturated carbocycles. The summed E-state index contributed by atoms with van der Waals surface area (Å²) < 4.78 is 11.4. The largest absolute Gasteiger partial charge is 0.459 e. The number of nitrogens with zero attached hydrogens (tertiary/aromatic N) is 4. The van der Waals surface area contributed by atoms with E-state index in [0.29, 0.717) is 32.0 Å². The van der Waals surface area contributed by atoms with Gasteiger partial charge in [0.1, 0.15) is 11.4 Å². The molecule has 1 amide bonds. The van der Waals surface area contributed by atoms with Crippen LogP contribution in [0.15, 0.2) is 41.4 Å². The van der Waals surface area contributed by atoms with E-state index in [1.54, 1.807) is 30.7 Å². The van der Waals surface area contributed by atoms with Crippen molar-refractivity contribution in [1.29, 1.82) is 0 Å². The van der Waals surface area contributed by atoms with Gasteiger partial charge in [-0.3, -0.25) is 9.78 Å². The maximum atomic E-state index is 12.6. The van der Waals surface area contributed by atoms with Crippen LogP contribution in [-0.4, -0.2) is 59.2 Å². The van der Waals surface area contributed by atoms with Gasteiger partial charge in [-0.2, -0.15) is 0 Å². The van der Waals surface area contributed by atoms with Crippen molar-refractivity contribution < 1.29 is 13.9 Å². The van der Waals surface area contributed by atoms with Gasteiger partial charge in [-0.15, -0.1) is 0 Å². The van der Waals surface area contributed by atoms with Crippen molar-refractivity contribution in [2.45, 2.75) is 18.4 Å². The van der Waals surface area contributed by atoms with E-state index in [4.69, 9.17) is 9.15 Å². The third-order valence-electron chi connectivity index (χ3n) is 4.68. The Bertz CT molecular complexity index is 687. The lowest BCUT2D eigenvalue weighted by atomic mass is 9.90. The molecule has 126 valence electrons. The number of anilines is 1. The van der Waals surface area contributed by atoms with Crippen molar-refractivity contribution in [1.82, 2.24) is 14.9 Å². The highest BCUT2D eigenvalue weighted by Crippen LogP contribution is 2.31. The van der Waals surface area contributed by atoms with Crippen molar-refractivity contribution in [3.05, 3.63) is 42.7 Å². The number of rotatable bonds is 2. The van der Waals surface area contributed by atoms with Gasteiger partial charge in [0.2, 0.25) is 0 Å². The molecule has 24 heavy (non-hydrogen) atoms. The molecule has 4 rings (SSSR count). The zero-order valence-corrected chi connectivity index (χ0v) is 13.4. The third-order valence-corrected chi connectivity index (χ3v) is 4.68. The van der Waals surface area contributed by atoms with Crippen LogP contribution in [-0.2, 0) is 4.74 Å². The normalized spacial score (nSPS) is 24.3. The molecule has 1 spiro atoms. The Hall–Kier alpha value is -2.41. The number of carbonyl (C=O) groups excluding carboxylic acids is 1. The number of piperidine rings is 1. The molecule has 0 aliphatic carbocycles. The Morgan fingerprint density at radius 3 is 3.00 bits per heavy atom. The smallest absolute Gasteiger partial charge is 0.289 e. The molecule has 0 N–H and O–H groups in total. The molecule has 0 aromatic carbocycles. The second-order valence-electron chi connectivity index (χ2n) is 6.32. The predicted octanol–water partition coefficient (Wildman–Crippen LogP) is 1.58. The maximum Gasteiger partial charge on any atom is 0.289 e. The van der Waals surface area contributed by atoms with E-state index >= 15 is 0 Å². The fraction of sp³-hybridized carbons (Fsp3) is 0.471. The molecular formula is C17H20N4O3. The van der Waals surface area contributed by atoms with E-state index in [1.165, 1.54) is 6.26 Å². The highest BCUT2D eigenvalue weighted by atomic mass is 16.5. The van der Waals surface area contributed by atoms with Gasteiger partial charge >= 0.3 is 0 Å². The van der Waals surface area contributed by atoms with Gasteiger partial charge in [0.25, 0.3) is 5.91 Å². The first-order valence-electron chi connectivity index (χ1n) is 8.24. The number of carbonyl (C=O) groups is 1. The number of morpholine rings is 1. The van der Waals surface area contributed by atoms with Gasteiger partial charge in [0.05, 0.1) is 32.2 Å². The Balaban J connectivity index is 1.50. The molecule has 2 aromatic heterocycles. The van der Waals surface area contributed by atoms with Gasteiger partial charge in [0, 0.05) is 25.5 Å². The molecule has 2 fully saturated rings. The summed E-state index contributed by atoms with van der Waals surface area (Å²) in [6.45, 7) is 3.35. The van der Waals surface area contributed by atoms with E-state index in [9.17, 15) is 4.79 Å². The number of amides is 1. The molecule has 0 unspecified atom stereocenters. The number of hydrogen-bond donors (Lipinski definition) is 0. The van der Waals surface area contributed by atoms with Crippen LogP contribution in [0.25, 0.3) is 0 Å². The van der Waals surface area contributed by atoms with Gasteiger partial charge in [-0.1, -0.05) is 0 Å². The van der Waals surface area contributed by atoms with E-state index in [2.05, 4.69) is 14.9 Å². The quantitative estimate of drug-likeness (QED) is 0.833. The van der Waals surface area contributed by atoms with Gasteiger partial charge < -0.3 is 19.0 Å². The Kier molecular flexibility index (Phi) is 3.93. The standard InChI is InChI=1S/C17H20N4O3/c22-16(14-3-1-9-23-14)21-8-10-24-17(13-21)4-2-7-20(12-17)15-11-18-5-6-19-15/h1,3,5-6,9,11H,2,4,7-8,10,12-13H2/t17-/m1/s1. The fourth-order valence-corrected chi connectivity index (χ4v) is 3.57. The van der Waals surface area contributed by atoms with E-state index in [-0.39, 0.29) is 11.5 Å². The minimum atomic E-state index is -0.351. The molecule has 2 saturated heterocycles. The van der Waals surface area contributed by atoms with Crippen LogP contribution in [0.3, 0.4) is 0 Å². The van der Waals surface area contributed by atoms with E-state index < -0.39 is 0 Å². The minimum Gasteiger partial charge on any atom is -0.459 e. The summed E-state index contributed by atoms with van der Waals surface area (Å²) in [6, 6.07) is 3.44. The summed E-state index contributed by atoms with van der Waals surface area (Å²) in [5.41, 5.74) is -0.351. The third kappa shape index (κ3) is 2.87. The van der Waals surface area contributed by atoms with Gasteiger partial charge in [-0.25, -0.2) is 4.98 Å². The number of hydrogen-bond acceptors (Lipinski definition) is 6. The Morgan fingerprint density at radius 2 is 2.21 bits per heavy atom. The van der Waals surface area contributed by atoms with Crippen LogP contribution in [0.4, 0.5) is 5.82 Å². The van der Waals surface area contributed by atoms with Crippen molar-refractivity contribution in [2.75, 3.05) is 37.7 Å². The monoisotopic (exact) mass is 328 g/mol. The Morgan fingerprint density at radius 1 is 1.25 bits per heavy atom. The van der Waals surface area contributed by atoms with Crippen molar-refractivity contribution in [3.8, 4) is 0 Å². The molecule has 7 nitrogen and oxygen atoms in total. The first-order chi connectivity index (χ1) is 11.8. The van der Waals surface area contributed by atoms with Gasteiger partial charge in [-0.05, 0) is 25.0 Å². The number of ether oxygens (including phenoxy) is 1. The van der Waals surface area contributed by atoms with Gasteiger partial charge in [0.15, 0.2) is 5.76 Å². The predicted molar refractivity (Wildman–Crippen MR) is 86.8 cm³/mol. The number of furan rings is 1. The van der Waals surface area contributed by atoms with Crippen LogP contribution in [0.2, 0.25) is 0 Å². The maximum absolute atomic E-state index is 12.6. The molecule has 4 heterocycles. The summed E-state index contributed by atoms with van der Waals surface area (Å²) >= 11 is 0. The second-order valence-corrected chi connectivity index (χ2v) is 6.32. The lowest BCUT2D eigenvalue weighted by Crippen LogP contribution is -2.61. The number of aromatic nitrogens is 2. The lowest BCUT2D eigenvalue weighted by molar-refractivity contribution is -0.105. The average Bonchev–Trinajstić information content (AvgIpc) is 3.17. The molecule has 2 aliphatic rings. The Labute approximate surface area is 140 Å². The summed E-state index contributed by atoms with van der Waals surface area (Å²) in [4.78, 5) is 25.1. The van der Waals surface area contributed by atoms with Crippen LogP contribution >= 0.6 is 0 Å².